The van der Waals surface area contributed by atoms with Gasteiger partial charge in [-0.2, -0.15) is 0 Å². The lowest BCUT2D eigenvalue weighted by Gasteiger charge is -2.11. The minimum absolute atomic E-state index is 0.943. The molecule has 11 aromatic rings. The largest absolute Gasteiger partial charge is 0.309 e. The van der Waals surface area contributed by atoms with Crippen molar-refractivity contribution in [1.82, 2.24) is 14.5 Å². The number of rotatable bonds is 5. The molecule has 2 aromatic heterocycles. The van der Waals surface area contributed by atoms with Crippen LogP contribution in [-0.2, 0) is 0 Å². The molecule has 0 aliphatic rings. The third-order valence-corrected chi connectivity index (χ3v) is 11.1. The minimum atomic E-state index is 0.943. The lowest BCUT2D eigenvalue weighted by atomic mass is 9.94. The number of benzene rings is 9. The number of hydrogen-bond donors (Lipinski definition) is 0. The van der Waals surface area contributed by atoms with Crippen LogP contribution in [0.25, 0.3) is 105 Å². The molecule has 0 atom stereocenters. The van der Waals surface area contributed by atoms with Gasteiger partial charge in [0.25, 0.3) is 0 Å². The normalized spacial score (nSPS) is 11.6. The molecule has 0 bridgehead atoms. The SMILES string of the molecule is c1ccc(-n2c3ccccc3c3ccc(-c4cccc(-c5ccc(-c6ccc(-c7ccc8c(c7)c7ccccc7c7nccnc87)cc6)cc5)c4)cc32)cc1. The van der Waals surface area contributed by atoms with Crippen LogP contribution in [0.1, 0.15) is 0 Å². The Balaban J connectivity index is 0.895. The third-order valence-electron chi connectivity index (χ3n) is 11.1. The van der Waals surface area contributed by atoms with Crippen molar-refractivity contribution in [2.24, 2.45) is 0 Å². The van der Waals surface area contributed by atoms with E-state index in [-0.39, 0.29) is 0 Å². The van der Waals surface area contributed by atoms with E-state index in [2.05, 4.69) is 198 Å². The molecule has 0 saturated heterocycles. The lowest BCUT2D eigenvalue weighted by molar-refractivity contribution is 1.18. The maximum absolute atomic E-state index is 4.72. The van der Waals surface area contributed by atoms with Gasteiger partial charge in [-0.25, -0.2) is 0 Å². The molecular weight excluding hydrogens is 667 g/mol. The predicted molar refractivity (Wildman–Crippen MR) is 231 cm³/mol. The molecule has 2 heterocycles. The summed E-state index contributed by atoms with van der Waals surface area (Å²) in [6, 6.07) is 68.1. The monoisotopic (exact) mass is 699 g/mol. The number of aromatic nitrogens is 3. The van der Waals surface area contributed by atoms with Gasteiger partial charge >= 0.3 is 0 Å². The fraction of sp³-hybridized carbons (Fsp3) is 0. The van der Waals surface area contributed by atoms with Gasteiger partial charge < -0.3 is 4.57 Å². The molecule has 3 heteroatoms. The Kier molecular flexibility index (Phi) is 7.17. The van der Waals surface area contributed by atoms with Crippen molar-refractivity contribution in [2.75, 3.05) is 0 Å². The summed E-state index contributed by atoms with van der Waals surface area (Å²) in [5.41, 5.74) is 15.0. The number of hydrogen-bond acceptors (Lipinski definition) is 2. The molecule has 0 aliphatic carbocycles. The summed E-state index contributed by atoms with van der Waals surface area (Å²) in [4.78, 5) is 9.40. The van der Waals surface area contributed by atoms with E-state index in [0.717, 1.165) is 21.8 Å². The molecule has 0 aliphatic heterocycles. The summed E-state index contributed by atoms with van der Waals surface area (Å²) in [7, 11) is 0. The highest BCUT2D eigenvalue weighted by molar-refractivity contribution is 6.23. The molecule has 0 radical (unpaired) electrons. The Labute approximate surface area is 318 Å². The van der Waals surface area contributed by atoms with Gasteiger partial charge in [0.1, 0.15) is 0 Å². The van der Waals surface area contributed by atoms with Crippen molar-refractivity contribution < 1.29 is 0 Å². The molecule has 256 valence electrons. The molecule has 0 spiro atoms. The number of para-hydroxylation sites is 2. The first-order valence-corrected chi connectivity index (χ1v) is 18.7. The Hall–Kier alpha value is -7.36. The highest BCUT2D eigenvalue weighted by atomic mass is 15.0. The molecule has 0 saturated carbocycles. The molecular formula is C52H33N3. The van der Waals surface area contributed by atoms with Gasteiger partial charge in [-0.15, -0.1) is 0 Å². The van der Waals surface area contributed by atoms with E-state index in [1.54, 1.807) is 12.4 Å². The summed E-state index contributed by atoms with van der Waals surface area (Å²) in [5, 5.41) is 7.18. The second-order valence-corrected chi connectivity index (χ2v) is 14.2. The van der Waals surface area contributed by atoms with Crippen LogP contribution < -0.4 is 0 Å². The van der Waals surface area contributed by atoms with Gasteiger partial charge in [0.05, 0.1) is 22.1 Å². The van der Waals surface area contributed by atoms with E-state index in [0.29, 0.717) is 0 Å². The fourth-order valence-electron chi connectivity index (χ4n) is 8.40. The maximum Gasteiger partial charge on any atom is 0.0971 e. The van der Waals surface area contributed by atoms with Crippen molar-refractivity contribution >= 4 is 54.4 Å². The first-order chi connectivity index (χ1) is 27.3. The van der Waals surface area contributed by atoms with Crippen LogP contribution in [0, 0.1) is 0 Å². The number of nitrogens with zero attached hydrogens (tertiary/aromatic N) is 3. The van der Waals surface area contributed by atoms with Crippen molar-refractivity contribution in [3.05, 3.63) is 200 Å². The molecule has 9 aromatic carbocycles. The van der Waals surface area contributed by atoms with Crippen LogP contribution in [0.3, 0.4) is 0 Å². The lowest BCUT2D eigenvalue weighted by Crippen LogP contribution is -1.93. The molecule has 3 nitrogen and oxygen atoms in total. The van der Waals surface area contributed by atoms with Crippen LogP contribution in [0.2, 0.25) is 0 Å². The average Bonchev–Trinajstić information content (AvgIpc) is 3.60. The Morgan fingerprint density at radius 3 is 1.40 bits per heavy atom. The minimum Gasteiger partial charge on any atom is -0.309 e. The highest BCUT2D eigenvalue weighted by Crippen LogP contribution is 2.38. The van der Waals surface area contributed by atoms with Gasteiger partial charge in [0.2, 0.25) is 0 Å². The molecule has 0 unspecified atom stereocenters. The van der Waals surface area contributed by atoms with E-state index in [9.17, 15) is 0 Å². The van der Waals surface area contributed by atoms with Crippen LogP contribution in [0.15, 0.2) is 200 Å². The van der Waals surface area contributed by atoms with Crippen LogP contribution in [-0.4, -0.2) is 14.5 Å². The van der Waals surface area contributed by atoms with Gasteiger partial charge in [0, 0.05) is 39.6 Å². The maximum atomic E-state index is 4.72. The van der Waals surface area contributed by atoms with Gasteiger partial charge in [-0.3, -0.25) is 9.97 Å². The van der Waals surface area contributed by atoms with Crippen LogP contribution in [0.4, 0.5) is 0 Å². The zero-order valence-corrected chi connectivity index (χ0v) is 29.9. The summed E-state index contributed by atoms with van der Waals surface area (Å²) < 4.78 is 2.38. The van der Waals surface area contributed by atoms with E-state index in [1.807, 2.05) is 0 Å². The molecule has 11 rings (SSSR count). The second kappa shape index (κ2) is 12.6. The van der Waals surface area contributed by atoms with E-state index in [1.165, 1.54) is 82.8 Å². The van der Waals surface area contributed by atoms with Crippen LogP contribution in [0.5, 0.6) is 0 Å². The zero-order chi connectivity index (χ0) is 36.3. The predicted octanol–water partition coefficient (Wildman–Crippen LogP) is 13.7. The second-order valence-electron chi connectivity index (χ2n) is 14.2. The fourth-order valence-corrected chi connectivity index (χ4v) is 8.40. The molecule has 0 N–H and O–H groups in total. The van der Waals surface area contributed by atoms with E-state index >= 15 is 0 Å². The van der Waals surface area contributed by atoms with Gasteiger partial charge in [0.15, 0.2) is 0 Å². The molecule has 0 amide bonds. The Morgan fingerprint density at radius 1 is 0.273 bits per heavy atom. The van der Waals surface area contributed by atoms with Crippen molar-refractivity contribution in [3.63, 3.8) is 0 Å². The standard InChI is InChI=1S/C52H33N3/c1-2-11-42(12-3-1)55-49-16-7-6-14-44(49)45-27-25-41(33-50(45)55)39-10-8-9-38(31-39)36-21-17-34(18-22-36)35-19-23-37(24-20-35)40-26-28-47-48(32-40)43-13-4-5-15-46(43)51-52(47)54-30-29-53-51/h1-33H. The summed E-state index contributed by atoms with van der Waals surface area (Å²) in [5.74, 6) is 0. The van der Waals surface area contributed by atoms with Gasteiger partial charge in [-0.1, -0.05) is 152 Å². The summed E-state index contributed by atoms with van der Waals surface area (Å²) in [6.45, 7) is 0. The number of fused-ring (bicyclic) bond motifs is 9. The summed E-state index contributed by atoms with van der Waals surface area (Å²) in [6.07, 6.45) is 3.55. The van der Waals surface area contributed by atoms with E-state index in [4.69, 9.17) is 4.98 Å². The summed E-state index contributed by atoms with van der Waals surface area (Å²) >= 11 is 0. The Bertz CT molecular complexity index is 3200. The topological polar surface area (TPSA) is 30.7 Å². The molecule has 0 fully saturated rings. The first-order valence-electron chi connectivity index (χ1n) is 18.7. The molecule has 55 heavy (non-hydrogen) atoms. The smallest absolute Gasteiger partial charge is 0.0971 e. The van der Waals surface area contributed by atoms with Gasteiger partial charge in [-0.05, 0) is 91.7 Å². The van der Waals surface area contributed by atoms with Crippen molar-refractivity contribution in [1.29, 1.82) is 0 Å². The third kappa shape index (κ3) is 5.20. The first kappa shape index (κ1) is 31.2. The zero-order valence-electron chi connectivity index (χ0n) is 29.9. The Morgan fingerprint density at radius 2 is 0.727 bits per heavy atom. The van der Waals surface area contributed by atoms with Crippen LogP contribution >= 0.6 is 0 Å². The average molecular weight is 700 g/mol. The van der Waals surface area contributed by atoms with Crippen molar-refractivity contribution in [2.45, 2.75) is 0 Å². The van der Waals surface area contributed by atoms with Crippen molar-refractivity contribution in [3.8, 4) is 50.2 Å². The van der Waals surface area contributed by atoms with E-state index < -0.39 is 0 Å². The quantitative estimate of drug-likeness (QED) is 0.167. The highest BCUT2D eigenvalue weighted by Gasteiger charge is 2.14.